The molecule has 1 saturated heterocycles. The smallest absolute Gasteiger partial charge is 0.350 e. The first-order valence-corrected chi connectivity index (χ1v) is 5.02. The molecule has 0 radical (unpaired) electrons. The van der Waals surface area contributed by atoms with Crippen molar-refractivity contribution in [2.24, 2.45) is 16.8 Å². The van der Waals surface area contributed by atoms with Gasteiger partial charge in [0.2, 0.25) is 0 Å². The first-order chi connectivity index (χ1) is 7.00. The fraction of sp³-hybridized carbons (Fsp3) is 0.700. The number of aliphatic carboxylic acids is 1. The largest absolute Gasteiger partial charge is 0.477 e. The Hall–Kier alpha value is -1.39. The molecule has 0 amide bonds. The molecule has 82 valence electrons. The van der Waals surface area contributed by atoms with Gasteiger partial charge < -0.3 is 9.84 Å². The number of nitrogens with zero attached hydrogens (tertiary/aromatic N) is 1. The lowest BCUT2D eigenvalue weighted by Gasteiger charge is -2.35. The summed E-state index contributed by atoms with van der Waals surface area (Å²) in [4.78, 5) is 26.1. The average Bonchev–Trinajstić information content (AvgIpc) is 2.46. The number of esters is 1. The molecule has 0 saturated carbocycles. The summed E-state index contributed by atoms with van der Waals surface area (Å²) in [6.07, 6.45) is 0.498. The number of hydrogen-bond acceptors (Lipinski definition) is 4. The van der Waals surface area contributed by atoms with E-state index in [0.717, 1.165) is 0 Å². The van der Waals surface area contributed by atoms with Crippen LogP contribution in [0.3, 0.4) is 0 Å². The lowest BCUT2D eigenvalue weighted by molar-refractivity contribution is -0.183. The van der Waals surface area contributed by atoms with E-state index < -0.39 is 5.97 Å². The van der Waals surface area contributed by atoms with Crippen LogP contribution in [0.4, 0.5) is 0 Å². The number of carboxylic acid groups (broad SMARTS) is 1. The van der Waals surface area contributed by atoms with Crippen LogP contribution in [0.1, 0.15) is 20.3 Å². The summed E-state index contributed by atoms with van der Waals surface area (Å²) in [5, 5.41) is 8.86. The van der Waals surface area contributed by atoms with Crippen molar-refractivity contribution < 1.29 is 19.4 Å². The highest BCUT2D eigenvalue weighted by atomic mass is 16.6. The number of ether oxygens (including phenoxy) is 1. The van der Waals surface area contributed by atoms with Crippen molar-refractivity contribution >= 4 is 17.7 Å². The summed E-state index contributed by atoms with van der Waals surface area (Å²) in [6.45, 7) is 3.63. The van der Waals surface area contributed by atoms with E-state index in [-0.39, 0.29) is 35.7 Å². The minimum atomic E-state index is -0.981. The van der Waals surface area contributed by atoms with Crippen LogP contribution < -0.4 is 0 Å². The Kier molecular flexibility index (Phi) is 2.25. The number of carbonyl (C=O) groups is 2. The fourth-order valence-corrected chi connectivity index (χ4v) is 2.25. The molecule has 1 fully saturated rings. The number of aliphatic imine (C=N–C) groups is 1. The number of hydrogen-bond donors (Lipinski definition) is 1. The fourth-order valence-electron chi connectivity index (χ4n) is 2.25. The SMILES string of the molecule is CC1CC([C@@H]2C(=O)O[C@@H]2C)N=C1C(=O)O. The second-order valence-electron chi connectivity index (χ2n) is 4.19. The molecule has 5 heteroatoms. The molecule has 2 unspecified atom stereocenters. The Morgan fingerprint density at radius 1 is 1.53 bits per heavy atom. The highest BCUT2D eigenvalue weighted by Gasteiger charge is 2.48. The third-order valence-corrected chi connectivity index (χ3v) is 3.08. The first-order valence-electron chi connectivity index (χ1n) is 5.02. The molecule has 0 aromatic heterocycles. The number of rotatable bonds is 2. The first kappa shape index (κ1) is 10.1. The van der Waals surface area contributed by atoms with E-state index >= 15 is 0 Å². The third-order valence-electron chi connectivity index (χ3n) is 3.08. The Morgan fingerprint density at radius 3 is 2.60 bits per heavy atom. The van der Waals surface area contributed by atoms with Crippen LogP contribution in [0.5, 0.6) is 0 Å². The van der Waals surface area contributed by atoms with E-state index in [0.29, 0.717) is 6.42 Å². The molecule has 0 aromatic rings. The summed E-state index contributed by atoms with van der Waals surface area (Å²) < 4.78 is 4.84. The lowest BCUT2D eigenvalue weighted by atomic mass is 9.87. The van der Waals surface area contributed by atoms with Gasteiger partial charge >= 0.3 is 11.9 Å². The predicted octanol–water partition coefficient (Wildman–Crippen LogP) is 0.482. The highest BCUT2D eigenvalue weighted by molar-refractivity contribution is 6.36. The van der Waals surface area contributed by atoms with E-state index in [1.807, 2.05) is 13.8 Å². The van der Waals surface area contributed by atoms with Crippen molar-refractivity contribution in [3.63, 3.8) is 0 Å². The number of cyclic esters (lactones) is 1. The predicted molar refractivity (Wildman–Crippen MR) is 51.7 cm³/mol. The number of carbonyl (C=O) groups excluding carboxylic acids is 1. The third kappa shape index (κ3) is 1.52. The Bertz CT molecular complexity index is 349. The zero-order valence-corrected chi connectivity index (χ0v) is 8.64. The standard InChI is InChI=1S/C10H13NO4/c1-4-3-6(11-8(4)9(12)13)7-5(2)15-10(7)14/h4-7H,3H2,1-2H3,(H,12,13)/t4?,5-,6?,7-/m1/s1. The zero-order valence-electron chi connectivity index (χ0n) is 8.64. The van der Waals surface area contributed by atoms with Gasteiger partial charge in [0.15, 0.2) is 0 Å². The molecule has 0 bridgehead atoms. The topological polar surface area (TPSA) is 76.0 Å². The van der Waals surface area contributed by atoms with Crippen molar-refractivity contribution in [3.05, 3.63) is 0 Å². The quantitative estimate of drug-likeness (QED) is 0.674. The summed E-state index contributed by atoms with van der Waals surface area (Å²) in [6, 6.07) is -0.206. The van der Waals surface area contributed by atoms with Gasteiger partial charge in [0.05, 0.1) is 6.04 Å². The second-order valence-corrected chi connectivity index (χ2v) is 4.19. The molecular weight excluding hydrogens is 198 g/mol. The Morgan fingerprint density at radius 2 is 2.20 bits per heavy atom. The van der Waals surface area contributed by atoms with Gasteiger partial charge in [-0.1, -0.05) is 6.92 Å². The van der Waals surface area contributed by atoms with Crippen molar-refractivity contribution in [2.45, 2.75) is 32.4 Å². The van der Waals surface area contributed by atoms with Crippen LogP contribution in [0, 0.1) is 11.8 Å². The van der Waals surface area contributed by atoms with Gasteiger partial charge in [0.25, 0.3) is 0 Å². The zero-order chi connectivity index (χ0) is 11.2. The maximum absolute atomic E-state index is 11.2. The molecule has 0 spiro atoms. The van der Waals surface area contributed by atoms with E-state index in [9.17, 15) is 9.59 Å². The van der Waals surface area contributed by atoms with Crippen molar-refractivity contribution in [2.75, 3.05) is 0 Å². The molecular formula is C10H13NO4. The van der Waals surface area contributed by atoms with Crippen LogP contribution in [0.2, 0.25) is 0 Å². The molecule has 0 aromatic carbocycles. The van der Waals surface area contributed by atoms with Gasteiger partial charge in [0.1, 0.15) is 17.7 Å². The minimum Gasteiger partial charge on any atom is -0.477 e. The lowest BCUT2D eigenvalue weighted by Crippen LogP contribution is -2.48. The summed E-state index contributed by atoms with van der Waals surface area (Å²) in [7, 11) is 0. The molecule has 15 heavy (non-hydrogen) atoms. The van der Waals surface area contributed by atoms with Gasteiger partial charge in [-0.15, -0.1) is 0 Å². The monoisotopic (exact) mass is 211 g/mol. The molecule has 0 aliphatic carbocycles. The summed E-state index contributed by atoms with van der Waals surface area (Å²) in [5.41, 5.74) is 0.187. The van der Waals surface area contributed by atoms with Crippen molar-refractivity contribution in [1.82, 2.24) is 0 Å². The molecule has 2 aliphatic heterocycles. The second kappa shape index (κ2) is 3.32. The summed E-state index contributed by atoms with van der Waals surface area (Å²) in [5.74, 6) is -1.56. The molecule has 5 nitrogen and oxygen atoms in total. The van der Waals surface area contributed by atoms with Crippen molar-refractivity contribution in [3.8, 4) is 0 Å². The van der Waals surface area contributed by atoms with Crippen LogP contribution >= 0.6 is 0 Å². The Balaban J connectivity index is 2.14. The van der Waals surface area contributed by atoms with Gasteiger partial charge in [-0.25, -0.2) is 4.79 Å². The molecule has 4 atom stereocenters. The van der Waals surface area contributed by atoms with E-state index in [1.165, 1.54) is 0 Å². The Labute approximate surface area is 87.1 Å². The normalized spacial score (nSPS) is 39.3. The highest BCUT2D eigenvalue weighted by Crippen LogP contribution is 2.34. The van der Waals surface area contributed by atoms with E-state index in [4.69, 9.17) is 9.84 Å². The molecule has 2 rings (SSSR count). The molecule has 2 heterocycles. The number of carboxylic acids is 1. The maximum atomic E-state index is 11.2. The van der Waals surface area contributed by atoms with Crippen LogP contribution in [0.15, 0.2) is 4.99 Å². The van der Waals surface area contributed by atoms with E-state index in [2.05, 4.69) is 4.99 Å². The molecule has 1 N–H and O–H groups in total. The molecule has 2 aliphatic rings. The van der Waals surface area contributed by atoms with Crippen LogP contribution in [-0.4, -0.2) is 34.9 Å². The van der Waals surface area contributed by atoms with Crippen molar-refractivity contribution in [1.29, 1.82) is 0 Å². The van der Waals surface area contributed by atoms with Gasteiger partial charge in [-0.05, 0) is 13.3 Å². The summed E-state index contributed by atoms with van der Waals surface area (Å²) >= 11 is 0. The maximum Gasteiger partial charge on any atom is 0.350 e. The van der Waals surface area contributed by atoms with Crippen LogP contribution in [-0.2, 0) is 14.3 Å². The van der Waals surface area contributed by atoms with Gasteiger partial charge in [-0.3, -0.25) is 9.79 Å². The van der Waals surface area contributed by atoms with Crippen LogP contribution in [0.25, 0.3) is 0 Å². The van der Waals surface area contributed by atoms with Gasteiger partial charge in [-0.2, -0.15) is 0 Å². The van der Waals surface area contributed by atoms with E-state index in [1.54, 1.807) is 0 Å². The minimum absolute atomic E-state index is 0.0758. The average molecular weight is 211 g/mol. The van der Waals surface area contributed by atoms with Gasteiger partial charge in [0, 0.05) is 5.92 Å².